The van der Waals surface area contributed by atoms with Crippen molar-refractivity contribution in [1.29, 1.82) is 0 Å². The van der Waals surface area contributed by atoms with E-state index in [9.17, 15) is 19.5 Å². The number of benzene rings is 1. The van der Waals surface area contributed by atoms with Crippen molar-refractivity contribution < 1.29 is 29.0 Å². The first-order valence-corrected chi connectivity index (χ1v) is 15.2. The molecule has 4 aliphatic rings. The van der Waals surface area contributed by atoms with Crippen molar-refractivity contribution >= 4 is 29.2 Å². The Morgan fingerprint density at radius 3 is 2.41 bits per heavy atom. The van der Waals surface area contributed by atoms with Crippen molar-refractivity contribution in [3.05, 3.63) is 48.6 Å². The quantitative estimate of drug-likeness (QED) is 0.278. The van der Waals surface area contributed by atoms with Gasteiger partial charge in [0.1, 0.15) is 23.2 Å². The molecule has 9 heteroatoms. The average Bonchev–Trinajstić information content (AvgIpc) is 3.35. The summed E-state index contributed by atoms with van der Waals surface area (Å²) in [5.74, 6) is -2.70. The number of esters is 1. The van der Waals surface area contributed by atoms with Gasteiger partial charge in [0.05, 0.1) is 12.5 Å². The SMILES string of the molecule is CCN(CC)c1ccc(N2CC=C[C@]34O[C@]5(CC)/C=C\CCCOC(=O)[C@@H]5[C@H]3C(=O)N(CCCCO)C4C2=O)cc1. The molecule has 9 nitrogen and oxygen atoms in total. The van der Waals surface area contributed by atoms with Crippen molar-refractivity contribution in [3.63, 3.8) is 0 Å². The summed E-state index contributed by atoms with van der Waals surface area (Å²) in [5, 5.41) is 9.44. The first kappa shape index (κ1) is 29.3. The first-order valence-electron chi connectivity index (χ1n) is 15.2. The average molecular weight is 566 g/mol. The normalized spacial score (nSPS) is 31.9. The summed E-state index contributed by atoms with van der Waals surface area (Å²) in [4.78, 5) is 48.0. The molecule has 0 radical (unpaired) electrons. The van der Waals surface area contributed by atoms with Gasteiger partial charge in [-0.05, 0) is 70.2 Å². The van der Waals surface area contributed by atoms with Crippen molar-refractivity contribution in [2.75, 3.05) is 49.2 Å². The molecule has 2 amide bonds. The zero-order chi connectivity index (χ0) is 29.2. The Labute approximate surface area is 242 Å². The van der Waals surface area contributed by atoms with Gasteiger partial charge in [0.2, 0.25) is 5.91 Å². The van der Waals surface area contributed by atoms with E-state index in [-0.39, 0.29) is 31.6 Å². The third-order valence-electron chi connectivity index (χ3n) is 9.23. The lowest BCUT2D eigenvalue weighted by Gasteiger charge is -2.38. The minimum Gasteiger partial charge on any atom is -0.465 e. The number of hydrogen-bond acceptors (Lipinski definition) is 7. The topological polar surface area (TPSA) is 99.6 Å². The maximum atomic E-state index is 14.6. The number of aliphatic hydroxyl groups excluding tert-OH is 1. The van der Waals surface area contributed by atoms with E-state index >= 15 is 0 Å². The number of unbranched alkanes of at least 4 members (excludes halogenated alkanes) is 1. The molecule has 1 aromatic rings. The molecule has 1 spiro atoms. The lowest BCUT2D eigenvalue weighted by atomic mass is 9.73. The van der Waals surface area contributed by atoms with Gasteiger partial charge in [0, 0.05) is 44.2 Å². The van der Waals surface area contributed by atoms with E-state index in [1.807, 2.05) is 55.5 Å². The van der Waals surface area contributed by atoms with Gasteiger partial charge in [-0.15, -0.1) is 0 Å². The fourth-order valence-corrected chi connectivity index (χ4v) is 7.17. The number of nitrogens with zero attached hydrogens (tertiary/aromatic N) is 3. The van der Waals surface area contributed by atoms with E-state index in [4.69, 9.17) is 9.47 Å². The summed E-state index contributed by atoms with van der Waals surface area (Å²) >= 11 is 0. The first-order chi connectivity index (χ1) is 19.9. The van der Waals surface area contributed by atoms with Gasteiger partial charge in [-0.1, -0.05) is 31.2 Å². The van der Waals surface area contributed by atoms with Crippen LogP contribution in [0.25, 0.3) is 0 Å². The molecule has 41 heavy (non-hydrogen) atoms. The predicted molar refractivity (Wildman–Crippen MR) is 156 cm³/mol. The standard InChI is InChI=1S/C32H43N3O6/c1-4-31-17-8-7-11-22-40-30(39)26(31)25-28(37)35(19-9-10-21-36)27-29(38)34(20-12-18-32(25,27)41-31)24-15-13-23(14-16-24)33(5-2)6-3/h8,12-18,25-27,36H,4-7,9-11,19-22H2,1-3H3/b17-8-/t25-,26-,27?,31+,32-/m0/s1. The van der Waals surface area contributed by atoms with Crippen molar-refractivity contribution in [2.45, 2.75) is 70.1 Å². The predicted octanol–water partition coefficient (Wildman–Crippen LogP) is 3.46. The molecule has 1 unspecified atom stereocenters. The number of ether oxygens (including phenoxy) is 2. The number of anilines is 2. The van der Waals surface area contributed by atoms with Gasteiger partial charge in [-0.2, -0.15) is 0 Å². The highest BCUT2D eigenvalue weighted by Gasteiger charge is 2.75. The lowest BCUT2D eigenvalue weighted by Crippen LogP contribution is -2.56. The number of carbonyl (C=O) groups is 3. The number of cyclic esters (lactones) is 1. The third kappa shape index (κ3) is 4.87. The van der Waals surface area contributed by atoms with Gasteiger partial charge >= 0.3 is 5.97 Å². The van der Waals surface area contributed by atoms with Crippen LogP contribution in [0.4, 0.5) is 11.4 Å². The number of likely N-dealkylation sites (tertiary alicyclic amines) is 1. The molecule has 1 aromatic carbocycles. The zero-order valence-electron chi connectivity index (χ0n) is 24.5. The van der Waals surface area contributed by atoms with Crippen LogP contribution in [0.15, 0.2) is 48.6 Å². The highest BCUT2D eigenvalue weighted by Crippen LogP contribution is 2.58. The lowest BCUT2D eigenvalue weighted by molar-refractivity contribution is -0.159. The summed E-state index contributed by atoms with van der Waals surface area (Å²) in [6.45, 7) is 8.81. The van der Waals surface area contributed by atoms with E-state index in [1.54, 1.807) is 9.80 Å². The molecule has 5 rings (SSSR count). The molecule has 2 saturated heterocycles. The van der Waals surface area contributed by atoms with Gasteiger partial charge in [0.15, 0.2) is 0 Å². The van der Waals surface area contributed by atoms with Gasteiger partial charge in [-0.3, -0.25) is 14.4 Å². The van der Waals surface area contributed by atoms with Crippen LogP contribution in [0.2, 0.25) is 0 Å². The van der Waals surface area contributed by atoms with E-state index < -0.39 is 35.0 Å². The van der Waals surface area contributed by atoms with Crippen molar-refractivity contribution in [2.24, 2.45) is 11.8 Å². The molecule has 1 N–H and O–H groups in total. The largest absolute Gasteiger partial charge is 0.465 e. The van der Waals surface area contributed by atoms with Crippen LogP contribution in [0.1, 0.15) is 52.9 Å². The number of rotatable bonds is 9. The molecular weight excluding hydrogens is 522 g/mol. The van der Waals surface area contributed by atoms with Crippen LogP contribution < -0.4 is 9.80 Å². The molecular formula is C32H43N3O6. The van der Waals surface area contributed by atoms with Crippen LogP contribution in [-0.2, 0) is 23.9 Å². The third-order valence-corrected chi connectivity index (χ3v) is 9.23. The number of hydrogen-bond donors (Lipinski definition) is 1. The minimum atomic E-state index is -1.31. The monoisotopic (exact) mass is 565 g/mol. The molecule has 2 fully saturated rings. The highest BCUT2D eigenvalue weighted by molar-refractivity contribution is 6.05. The van der Waals surface area contributed by atoms with E-state index in [1.165, 1.54) is 0 Å². The van der Waals surface area contributed by atoms with Gasteiger partial charge < -0.3 is 29.3 Å². The number of amides is 2. The minimum absolute atomic E-state index is 0.00464. The molecule has 5 atom stereocenters. The Morgan fingerprint density at radius 1 is 0.976 bits per heavy atom. The molecule has 0 aliphatic carbocycles. The number of aliphatic hydroxyl groups is 1. The Hall–Kier alpha value is -3.17. The van der Waals surface area contributed by atoms with Gasteiger partial charge in [0.25, 0.3) is 5.91 Å². The fourth-order valence-electron chi connectivity index (χ4n) is 7.17. The van der Waals surface area contributed by atoms with Crippen LogP contribution in [0.3, 0.4) is 0 Å². The van der Waals surface area contributed by atoms with Gasteiger partial charge in [-0.25, -0.2) is 0 Å². The second-order valence-electron chi connectivity index (χ2n) is 11.3. The maximum absolute atomic E-state index is 14.6. The van der Waals surface area contributed by atoms with E-state index in [2.05, 4.69) is 18.7 Å². The van der Waals surface area contributed by atoms with Crippen molar-refractivity contribution in [1.82, 2.24) is 4.90 Å². The van der Waals surface area contributed by atoms with Crippen LogP contribution in [0, 0.1) is 11.8 Å². The second-order valence-corrected chi connectivity index (χ2v) is 11.3. The molecule has 0 saturated carbocycles. The Morgan fingerprint density at radius 2 is 1.73 bits per heavy atom. The van der Waals surface area contributed by atoms with E-state index in [0.717, 1.165) is 30.9 Å². The summed E-state index contributed by atoms with van der Waals surface area (Å²) in [6, 6.07) is 6.99. The van der Waals surface area contributed by atoms with Crippen LogP contribution in [-0.4, -0.2) is 84.4 Å². The number of carbonyl (C=O) groups excluding carboxylic acids is 3. The van der Waals surface area contributed by atoms with Crippen molar-refractivity contribution in [3.8, 4) is 0 Å². The summed E-state index contributed by atoms with van der Waals surface area (Å²) in [7, 11) is 0. The fraction of sp³-hybridized carbons (Fsp3) is 0.594. The summed E-state index contributed by atoms with van der Waals surface area (Å²) in [5.41, 5.74) is -0.547. The summed E-state index contributed by atoms with van der Waals surface area (Å²) < 4.78 is 12.6. The Kier molecular flexibility index (Phi) is 8.57. The Balaban J connectivity index is 1.58. The molecule has 0 bridgehead atoms. The van der Waals surface area contributed by atoms with E-state index in [0.29, 0.717) is 32.2 Å². The molecule has 0 aromatic heterocycles. The zero-order valence-corrected chi connectivity index (χ0v) is 24.5. The highest BCUT2D eigenvalue weighted by atomic mass is 16.6. The molecule has 222 valence electrons. The Bertz CT molecular complexity index is 1190. The number of allylic oxidation sites excluding steroid dienone is 1. The molecule has 4 aliphatic heterocycles. The summed E-state index contributed by atoms with van der Waals surface area (Å²) in [6.07, 6.45) is 10.7. The maximum Gasteiger partial charge on any atom is 0.313 e. The second kappa shape index (κ2) is 12.0. The van der Waals surface area contributed by atoms with Crippen LogP contribution >= 0.6 is 0 Å². The number of fused-ring (bicyclic) bond motifs is 2. The smallest absolute Gasteiger partial charge is 0.313 e. The molecule has 4 heterocycles. The van der Waals surface area contributed by atoms with Crippen LogP contribution in [0.5, 0.6) is 0 Å².